The van der Waals surface area contributed by atoms with E-state index in [0.29, 0.717) is 3.57 Å². The number of carbonyl (C=O) groups is 1. The van der Waals surface area contributed by atoms with Crippen LogP contribution in [0.3, 0.4) is 0 Å². The van der Waals surface area contributed by atoms with E-state index in [0.717, 1.165) is 6.07 Å². The summed E-state index contributed by atoms with van der Waals surface area (Å²) < 4.78 is 13.2. The van der Waals surface area contributed by atoms with E-state index in [4.69, 9.17) is 16.9 Å². The number of nitrogens with zero attached hydrogens (tertiary/aromatic N) is 1. The van der Waals surface area contributed by atoms with Crippen LogP contribution in [0.2, 0.25) is 0 Å². The fraction of sp³-hybridized carbons (Fsp3) is 0. The monoisotopic (exact) mass is 309 g/mol. The molecular formula is C8H2ClFINO. The zero-order valence-electron chi connectivity index (χ0n) is 6.14. The highest BCUT2D eigenvalue weighted by Crippen LogP contribution is 2.19. The summed E-state index contributed by atoms with van der Waals surface area (Å²) in [6, 6.07) is 3.92. The summed E-state index contributed by atoms with van der Waals surface area (Å²) in [5, 5.41) is 7.83. The van der Waals surface area contributed by atoms with Crippen molar-refractivity contribution in [2.75, 3.05) is 0 Å². The van der Waals surface area contributed by atoms with Gasteiger partial charge in [-0.25, -0.2) is 4.39 Å². The lowest BCUT2D eigenvalue weighted by Gasteiger charge is -2.00. The molecule has 66 valence electrons. The van der Waals surface area contributed by atoms with Gasteiger partial charge in [0.15, 0.2) is 0 Å². The molecule has 1 aromatic rings. The number of benzene rings is 1. The van der Waals surface area contributed by atoms with E-state index < -0.39 is 11.1 Å². The summed E-state index contributed by atoms with van der Waals surface area (Å²) >= 11 is 6.94. The second-order valence-electron chi connectivity index (χ2n) is 2.20. The maximum absolute atomic E-state index is 12.8. The summed E-state index contributed by atoms with van der Waals surface area (Å²) in [6.07, 6.45) is 0. The molecule has 0 saturated carbocycles. The lowest BCUT2D eigenvalue weighted by molar-refractivity contribution is 0.108. The van der Waals surface area contributed by atoms with Gasteiger partial charge in [-0.3, -0.25) is 4.79 Å². The van der Waals surface area contributed by atoms with Gasteiger partial charge in [-0.2, -0.15) is 5.26 Å². The minimum absolute atomic E-state index is 0.0893. The molecule has 0 fully saturated rings. The number of halogens is 3. The quantitative estimate of drug-likeness (QED) is 0.591. The summed E-state index contributed by atoms with van der Waals surface area (Å²) in [7, 11) is 0. The number of rotatable bonds is 1. The van der Waals surface area contributed by atoms with Crippen LogP contribution in [0.1, 0.15) is 15.9 Å². The molecule has 0 radical (unpaired) electrons. The van der Waals surface area contributed by atoms with Gasteiger partial charge in [-0.15, -0.1) is 0 Å². The van der Waals surface area contributed by atoms with Crippen molar-refractivity contribution in [2.45, 2.75) is 0 Å². The Morgan fingerprint density at radius 3 is 2.69 bits per heavy atom. The van der Waals surface area contributed by atoms with Gasteiger partial charge in [0.05, 0.1) is 11.1 Å². The van der Waals surface area contributed by atoms with E-state index in [9.17, 15) is 9.18 Å². The van der Waals surface area contributed by atoms with Crippen molar-refractivity contribution in [3.63, 3.8) is 0 Å². The first-order valence-electron chi connectivity index (χ1n) is 3.15. The Morgan fingerprint density at radius 1 is 1.62 bits per heavy atom. The average Bonchev–Trinajstić information content (AvgIpc) is 2.02. The van der Waals surface area contributed by atoms with Gasteiger partial charge in [0, 0.05) is 3.57 Å². The molecule has 0 bridgehead atoms. The molecule has 0 aliphatic rings. The van der Waals surface area contributed by atoms with Crippen LogP contribution in [0.5, 0.6) is 0 Å². The van der Waals surface area contributed by atoms with Crippen molar-refractivity contribution in [2.24, 2.45) is 0 Å². The molecule has 0 aliphatic heterocycles. The Kier molecular flexibility index (Phi) is 3.22. The minimum Gasteiger partial charge on any atom is -0.276 e. The van der Waals surface area contributed by atoms with Crippen LogP contribution >= 0.6 is 34.2 Å². The van der Waals surface area contributed by atoms with Gasteiger partial charge in [-0.05, 0) is 46.3 Å². The first-order chi connectivity index (χ1) is 6.06. The van der Waals surface area contributed by atoms with Gasteiger partial charge >= 0.3 is 0 Å². The first-order valence-corrected chi connectivity index (χ1v) is 4.61. The second-order valence-corrected chi connectivity index (χ2v) is 3.70. The van der Waals surface area contributed by atoms with E-state index >= 15 is 0 Å². The third kappa shape index (κ3) is 2.17. The van der Waals surface area contributed by atoms with E-state index in [2.05, 4.69) is 0 Å². The predicted molar refractivity (Wildman–Crippen MR) is 54.0 cm³/mol. The van der Waals surface area contributed by atoms with Crippen molar-refractivity contribution in [1.82, 2.24) is 0 Å². The Balaban J connectivity index is 3.50. The summed E-state index contributed by atoms with van der Waals surface area (Å²) in [5.41, 5.74) is 0.0237. The van der Waals surface area contributed by atoms with Crippen LogP contribution in [-0.4, -0.2) is 5.24 Å². The molecule has 0 N–H and O–H groups in total. The maximum atomic E-state index is 12.8. The molecule has 0 amide bonds. The van der Waals surface area contributed by atoms with E-state index in [1.54, 1.807) is 28.7 Å². The van der Waals surface area contributed by atoms with Crippen LogP contribution in [0, 0.1) is 20.7 Å². The number of hydrogen-bond acceptors (Lipinski definition) is 2. The van der Waals surface area contributed by atoms with E-state index in [1.807, 2.05) is 0 Å². The first kappa shape index (κ1) is 10.4. The third-order valence-electron chi connectivity index (χ3n) is 1.38. The smallest absolute Gasteiger partial charge is 0.253 e. The minimum atomic E-state index is -0.825. The molecule has 0 spiro atoms. The van der Waals surface area contributed by atoms with Crippen LogP contribution in [0.4, 0.5) is 4.39 Å². The molecule has 1 aromatic carbocycles. The molecule has 0 unspecified atom stereocenters. The Morgan fingerprint density at radius 2 is 2.23 bits per heavy atom. The lowest BCUT2D eigenvalue weighted by atomic mass is 10.1. The molecule has 5 heteroatoms. The molecule has 0 aliphatic carbocycles. The summed E-state index contributed by atoms with van der Waals surface area (Å²) in [4.78, 5) is 10.8. The van der Waals surface area contributed by atoms with Crippen molar-refractivity contribution in [1.29, 1.82) is 5.26 Å². The lowest BCUT2D eigenvalue weighted by Crippen LogP contribution is -1.98. The van der Waals surface area contributed by atoms with E-state index in [1.165, 1.54) is 6.07 Å². The van der Waals surface area contributed by atoms with Crippen LogP contribution < -0.4 is 0 Å². The maximum Gasteiger partial charge on any atom is 0.253 e. The van der Waals surface area contributed by atoms with Crippen molar-refractivity contribution < 1.29 is 9.18 Å². The number of nitriles is 1. The van der Waals surface area contributed by atoms with Gasteiger partial charge in [-0.1, -0.05) is 0 Å². The van der Waals surface area contributed by atoms with Crippen LogP contribution in [0.25, 0.3) is 0 Å². The molecule has 13 heavy (non-hydrogen) atoms. The average molecular weight is 309 g/mol. The molecule has 2 nitrogen and oxygen atoms in total. The standard InChI is InChI=1S/C8H2ClFINO/c9-8(13)5-1-4(10)2-7(11)6(5)3-12/h1-2H. The van der Waals surface area contributed by atoms with Crippen molar-refractivity contribution in [3.05, 3.63) is 32.6 Å². The van der Waals surface area contributed by atoms with E-state index in [-0.39, 0.29) is 11.1 Å². The fourth-order valence-corrected chi connectivity index (χ4v) is 1.70. The highest BCUT2D eigenvalue weighted by molar-refractivity contribution is 14.1. The van der Waals surface area contributed by atoms with Gasteiger partial charge in [0.2, 0.25) is 0 Å². The summed E-state index contributed by atoms with van der Waals surface area (Å²) in [5.74, 6) is -0.576. The summed E-state index contributed by atoms with van der Waals surface area (Å²) in [6.45, 7) is 0. The zero-order valence-corrected chi connectivity index (χ0v) is 9.06. The van der Waals surface area contributed by atoms with Crippen LogP contribution in [0.15, 0.2) is 12.1 Å². The third-order valence-corrected chi connectivity index (χ3v) is 2.43. The second kappa shape index (κ2) is 4.03. The van der Waals surface area contributed by atoms with Crippen molar-refractivity contribution >= 4 is 39.4 Å². The van der Waals surface area contributed by atoms with Crippen LogP contribution in [-0.2, 0) is 0 Å². The van der Waals surface area contributed by atoms with Crippen molar-refractivity contribution in [3.8, 4) is 6.07 Å². The highest BCUT2D eigenvalue weighted by atomic mass is 127. The largest absolute Gasteiger partial charge is 0.276 e. The molecule has 0 heterocycles. The van der Waals surface area contributed by atoms with Gasteiger partial charge in [0.25, 0.3) is 5.24 Å². The SMILES string of the molecule is N#Cc1c(I)cc(F)cc1C(=O)Cl. The Bertz CT molecular complexity index is 413. The molecule has 0 atom stereocenters. The normalized spacial score (nSPS) is 9.38. The molecule has 0 aromatic heterocycles. The fourth-order valence-electron chi connectivity index (χ4n) is 0.842. The van der Waals surface area contributed by atoms with Gasteiger partial charge in [0.1, 0.15) is 11.9 Å². The topological polar surface area (TPSA) is 40.9 Å². The Labute approximate surface area is 92.4 Å². The van der Waals surface area contributed by atoms with Gasteiger partial charge < -0.3 is 0 Å². The molecule has 1 rings (SSSR count). The Hall–Kier alpha value is -0.670. The number of carbonyl (C=O) groups excluding carboxylic acids is 1. The predicted octanol–water partition coefficient (Wildman–Crippen LogP) is 2.68. The highest BCUT2D eigenvalue weighted by Gasteiger charge is 2.13. The molecular weight excluding hydrogens is 307 g/mol. The molecule has 0 saturated heterocycles. The number of hydrogen-bond donors (Lipinski definition) is 0. The zero-order chi connectivity index (χ0) is 10.0.